The van der Waals surface area contributed by atoms with Crippen molar-refractivity contribution in [1.29, 1.82) is 0 Å². The number of rotatable bonds is 2. The molecule has 0 amide bonds. The quantitative estimate of drug-likeness (QED) is 0.294. The van der Waals surface area contributed by atoms with Crippen LogP contribution in [0.3, 0.4) is 0 Å². The van der Waals surface area contributed by atoms with Gasteiger partial charge in [-0.15, -0.1) is 0 Å². The molecule has 4 N–H and O–H groups in total. The molecule has 0 atom stereocenters. The SMILES string of the molecule is NC(=NO)c1cn(-c2ccc(O)cc2F)c2cccc(F)c12. The van der Waals surface area contributed by atoms with Crippen LogP contribution in [0.1, 0.15) is 5.56 Å². The van der Waals surface area contributed by atoms with Crippen molar-refractivity contribution in [2.24, 2.45) is 10.9 Å². The second-order valence-corrected chi connectivity index (χ2v) is 4.67. The maximum Gasteiger partial charge on any atom is 0.172 e. The maximum absolute atomic E-state index is 14.1. The summed E-state index contributed by atoms with van der Waals surface area (Å²) in [7, 11) is 0. The van der Waals surface area contributed by atoms with Crippen LogP contribution in [0.4, 0.5) is 8.78 Å². The number of nitrogens with zero attached hydrogens (tertiary/aromatic N) is 2. The Morgan fingerprint density at radius 3 is 2.59 bits per heavy atom. The normalized spacial score (nSPS) is 12.0. The third kappa shape index (κ3) is 2.03. The monoisotopic (exact) mass is 303 g/mol. The molecule has 3 aromatic rings. The number of hydrogen-bond acceptors (Lipinski definition) is 3. The van der Waals surface area contributed by atoms with Gasteiger partial charge in [0.1, 0.15) is 11.6 Å². The lowest BCUT2D eigenvalue weighted by molar-refractivity contribution is 0.318. The van der Waals surface area contributed by atoms with Gasteiger partial charge >= 0.3 is 0 Å². The summed E-state index contributed by atoms with van der Waals surface area (Å²) in [5.74, 6) is -1.77. The van der Waals surface area contributed by atoms with Crippen LogP contribution in [0.25, 0.3) is 16.6 Å². The molecule has 1 aromatic heterocycles. The van der Waals surface area contributed by atoms with Crippen LogP contribution in [0.15, 0.2) is 47.8 Å². The number of benzene rings is 2. The van der Waals surface area contributed by atoms with Crippen molar-refractivity contribution in [3.05, 3.63) is 59.8 Å². The third-order valence-corrected chi connectivity index (χ3v) is 3.35. The number of hydrogen-bond donors (Lipinski definition) is 3. The van der Waals surface area contributed by atoms with Crippen LogP contribution >= 0.6 is 0 Å². The average molecular weight is 303 g/mol. The average Bonchev–Trinajstić information content (AvgIpc) is 2.87. The van der Waals surface area contributed by atoms with Crippen LogP contribution in [0.5, 0.6) is 5.75 Å². The summed E-state index contributed by atoms with van der Waals surface area (Å²) in [6.07, 6.45) is 1.37. The van der Waals surface area contributed by atoms with E-state index in [0.717, 1.165) is 6.07 Å². The van der Waals surface area contributed by atoms with E-state index < -0.39 is 11.6 Å². The fourth-order valence-corrected chi connectivity index (χ4v) is 2.38. The Morgan fingerprint density at radius 1 is 1.14 bits per heavy atom. The first kappa shape index (κ1) is 13.9. The molecule has 0 unspecified atom stereocenters. The van der Waals surface area contributed by atoms with Crippen LogP contribution in [0.2, 0.25) is 0 Å². The largest absolute Gasteiger partial charge is 0.508 e. The fraction of sp³-hybridized carbons (Fsp3) is 0. The molecule has 112 valence electrons. The minimum atomic E-state index is -0.688. The minimum Gasteiger partial charge on any atom is -0.508 e. The molecule has 2 aromatic carbocycles. The first-order valence-corrected chi connectivity index (χ1v) is 6.29. The van der Waals surface area contributed by atoms with Gasteiger partial charge < -0.3 is 20.6 Å². The molecular formula is C15H11F2N3O2. The van der Waals surface area contributed by atoms with Gasteiger partial charge in [-0.2, -0.15) is 0 Å². The van der Waals surface area contributed by atoms with Crippen molar-refractivity contribution in [1.82, 2.24) is 4.57 Å². The van der Waals surface area contributed by atoms with Crippen LogP contribution < -0.4 is 5.73 Å². The minimum absolute atomic E-state index is 0.102. The molecule has 22 heavy (non-hydrogen) atoms. The van der Waals surface area contributed by atoms with Crippen LogP contribution in [-0.2, 0) is 0 Å². The number of phenols is 1. The van der Waals surface area contributed by atoms with Crippen LogP contribution in [0, 0.1) is 11.6 Å². The molecule has 0 saturated carbocycles. The third-order valence-electron chi connectivity index (χ3n) is 3.35. The lowest BCUT2D eigenvalue weighted by Crippen LogP contribution is -2.12. The van der Waals surface area contributed by atoms with Crippen LogP contribution in [-0.4, -0.2) is 20.7 Å². The number of halogens is 2. The van der Waals surface area contributed by atoms with E-state index in [9.17, 15) is 13.9 Å². The number of fused-ring (bicyclic) bond motifs is 1. The lowest BCUT2D eigenvalue weighted by atomic mass is 10.1. The standard InChI is InChI=1S/C15H11F2N3O2/c16-10-2-1-3-13-14(10)9(15(18)19-22)7-20(13)12-5-4-8(21)6-11(12)17/h1-7,21-22H,(H2,18,19). The number of amidine groups is 1. The fourth-order valence-electron chi connectivity index (χ4n) is 2.38. The predicted molar refractivity (Wildman–Crippen MR) is 77.4 cm³/mol. The molecule has 1 heterocycles. The van der Waals surface area contributed by atoms with E-state index in [2.05, 4.69) is 5.16 Å². The Kier molecular flexibility index (Phi) is 3.17. The highest BCUT2D eigenvalue weighted by atomic mass is 19.1. The first-order valence-electron chi connectivity index (χ1n) is 6.29. The molecule has 0 aliphatic rings. The van der Waals surface area contributed by atoms with Crippen molar-refractivity contribution >= 4 is 16.7 Å². The number of aromatic hydroxyl groups is 1. The van der Waals surface area contributed by atoms with Crippen molar-refractivity contribution in [2.45, 2.75) is 0 Å². The number of oxime groups is 1. The molecule has 7 heteroatoms. The molecule has 0 spiro atoms. The summed E-state index contributed by atoms with van der Waals surface area (Å²) in [4.78, 5) is 0. The molecule has 0 fully saturated rings. The van der Waals surface area contributed by atoms with Gasteiger partial charge in [-0.25, -0.2) is 8.78 Å². The van der Waals surface area contributed by atoms with E-state index in [4.69, 9.17) is 10.9 Å². The van der Waals surface area contributed by atoms with Gasteiger partial charge in [0.25, 0.3) is 0 Å². The Hall–Kier alpha value is -3.09. The summed E-state index contributed by atoms with van der Waals surface area (Å²) >= 11 is 0. The molecule has 0 radical (unpaired) electrons. The van der Waals surface area contributed by atoms with Gasteiger partial charge in [0.15, 0.2) is 11.7 Å². The Morgan fingerprint density at radius 2 is 1.91 bits per heavy atom. The topological polar surface area (TPSA) is 83.8 Å². The van der Waals surface area contributed by atoms with Gasteiger partial charge in [-0.3, -0.25) is 0 Å². The zero-order valence-electron chi connectivity index (χ0n) is 11.2. The molecule has 0 bridgehead atoms. The van der Waals surface area contributed by atoms with E-state index in [1.54, 1.807) is 6.07 Å². The predicted octanol–water partition coefficient (Wildman–Crippen LogP) is 2.71. The second-order valence-electron chi connectivity index (χ2n) is 4.67. The summed E-state index contributed by atoms with van der Waals surface area (Å²) in [6, 6.07) is 7.90. The van der Waals surface area contributed by atoms with E-state index in [0.29, 0.717) is 5.52 Å². The number of phenolic OH excluding ortho intramolecular Hbond substituents is 1. The highest BCUT2D eigenvalue weighted by Gasteiger charge is 2.18. The Bertz CT molecular complexity index is 903. The lowest BCUT2D eigenvalue weighted by Gasteiger charge is -2.07. The molecule has 3 rings (SSSR count). The van der Waals surface area contributed by atoms with Crippen molar-refractivity contribution in [3.63, 3.8) is 0 Å². The first-order chi connectivity index (χ1) is 10.5. The van der Waals surface area contributed by atoms with Crippen molar-refractivity contribution < 1.29 is 19.1 Å². The maximum atomic E-state index is 14.1. The summed E-state index contributed by atoms with van der Waals surface area (Å²) < 4.78 is 29.5. The molecular weight excluding hydrogens is 292 g/mol. The van der Waals surface area contributed by atoms with Gasteiger partial charge in [0.05, 0.1) is 11.2 Å². The zero-order chi connectivity index (χ0) is 15.9. The summed E-state index contributed by atoms with van der Waals surface area (Å²) in [5.41, 5.74) is 6.17. The summed E-state index contributed by atoms with van der Waals surface area (Å²) in [5, 5.41) is 21.1. The van der Waals surface area contributed by atoms with E-state index >= 15 is 0 Å². The molecule has 5 nitrogen and oxygen atoms in total. The zero-order valence-corrected chi connectivity index (χ0v) is 11.2. The van der Waals surface area contributed by atoms with E-state index in [-0.39, 0.29) is 28.2 Å². The van der Waals surface area contributed by atoms with Crippen molar-refractivity contribution in [2.75, 3.05) is 0 Å². The summed E-state index contributed by atoms with van der Waals surface area (Å²) in [6.45, 7) is 0. The molecule has 0 saturated heterocycles. The van der Waals surface area contributed by atoms with Crippen molar-refractivity contribution in [3.8, 4) is 11.4 Å². The highest BCUT2D eigenvalue weighted by molar-refractivity contribution is 6.09. The highest BCUT2D eigenvalue weighted by Crippen LogP contribution is 2.29. The Balaban J connectivity index is 2.38. The number of aromatic nitrogens is 1. The molecule has 0 aliphatic carbocycles. The molecule has 0 aliphatic heterocycles. The van der Waals surface area contributed by atoms with Gasteiger partial charge in [-0.1, -0.05) is 11.2 Å². The van der Waals surface area contributed by atoms with Gasteiger partial charge in [0, 0.05) is 23.2 Å². The smallest absolute Gasteiger partial charge is 0.172 e. The van der Waals surface area contributed by atoms with E-state index in [1.807, 2.05) is 0 Å². The Labute approximate surface area is 123 Å². The second kappa shape index (κ2) is 5.03. The van der Waals surface area contributed by atoms with E-state index in [1.165, 1.54) is 35.0 Å². The van der Waals surface area contributed by atoms with Gasteiger partial charge in [-0.05, 0) is 24.3 Å². The van der Waals surface area contributed by atoms with Gasteiger partial charge in [0.2, 0.25) is 0 Å². The number of nitrogens with two attached hydrogens (primary N) is 1.